The van der Waals surface area contributed by atoms with Crippen LogP contribution in [0.2, 0.25) is 0 Å². The van der Waals surface area contributed by atoms with E-state index in [1.807, 2.05) is 37.3 Å². The van der Waals surface area contributed by atoms with Crippen LogP contribution in [0.25, 0.3) is 5.69 Å². The molecule has 29 heavy (non-hydrogen) atoms. The maximum absolute atomic E-state index is 11.6. The second-order valence-corrected chi connectivity index (χ2v) is 6.02. The first-order chi connectivity index (χ1) is 14.0. The number of alkyl halides is 1. The average Bonchev–Trinajstić information content (AvgIpc) is 3.12. The van der Waals surface area contributed by atoms with Gasteiger partial charge in [0.2, 0.25) is 6.41 Å². The quantitative estimate of drug-likeness (QED) is 0.456. The molecule has 0 fully saturated rings. The molecule has 0 atom stereocenters. The number of anilines is 1. The molecule has 0 saturated heterocycles. The molecule has 0 unspecified atom stereocenters. The standard InChI is InChI=1S/C14H19N3O.C5H8FNO.C3H6/c1-2-3-6-12-9-14(15)17(16-12)13-7-4-5-11(8-13)10-18;1-2-5(3-6)7-4-8;1-3-2/h4-5,7-9,18H,2-3,6,10,15H2,1H3;2,4H,3H2,1H3,(H,7,8);3H,1H2,2H3/b;5-2+;. The number of carbonyl (C=O) groups excluding carboxylic acids is 1. The Morgan fingerprint density at radius 2 is 2.07 bits per heavy atom. The fourth-order valence-corrected chi connectivity index (χ4v) is 2.20. The fraction of sp³-hybridized carbons (Fsp3) is 0.364. The number of nitrogens with zero attached hydrogens (tertiary/aromatic N) is 2. The number of rotatable bonds is 8. The van der Waals surface area contributed by atoms with E-state index in [0.717, 1.165) is 36.2 Å². The summed E-state index contributed by atoms with van der Waals surface area (Å²) in [6.07, 6.45) is 6.93. The molecular formula is C22H33FN4O2. The third kappa shape index (κ3) is 10.3. The van der Waals surface area contributed by atoms with Gasteiger partial charge in [-0.3, -0.25) is 4.79 Å². The minimum atomic E-state index is -0.616. The van der Waals surface area contributed by atoms with E-state index < -0.39 is 6.67 Å². The van der Waals surface area contributed by atoms with E-state index in [4.69, 9.17) is 10.8 Å². The summed E-state index contributed by atoms with van der Waals surface area (Å²) in [6.45, 7) is 8.48. The number of amides is 1. The van der Waals surface area contributed by atoms with E-state index in [0.29, 0.717) is 17.9 Å². The summed E-state index contributed by atoms with van der Waals surface area (Å²) in [7, 11) is 0. The van der Waals surface area contributed by atoms with Gasteiger partial charge in [0.1, 0.15) is 12.5 Å². The zero-order valence-electron chi connectivity index (χ0n) is 17.6. The topological polar surface area (TPSA) is 93.2 Å². The third-order valence-corrected chi connectivity index (χ3v) is 3.65. The molecular weight excluding hydrogens is 371 g/mol. The number of nitrogens with two attached hydrogens (primary N) is 1. The maximum Gasteiger partial charge on any atom is 0.211 e. The molecule has 4 N–H and O–H groups in total. The molecule has 0 radical (unpaired) electrons. The molecule has 0 aliphatic rings. The van der Waals surface area contributed by atoms with E-state index in [9.17, 15) is 9.18 Å². The maximum atomic E-state index is 11.6. The van der Waals surface area contributed by atoms with Crippen LogP contribution in [0.15, 0.2) is 54.8 Å². The van der Waals surface area contributed by atoms with Gasteiger partial charge in [-0.1, -0.05) is 37.6 Å². The van der Waals surface area contributed by atoms with E-state index in [1.54, 1.807) is 17.7 Å². The number of aliphatic hydroxyl groups is 1. The predicted octanol–water partition coefficient (Wildman–Crippen LogP) is 4.09. The molecule has 1 heterocycles. The lowest BCUT2D eigenvalue weighted by atomic mass is 10.2. The third-order valence-electron chi connectivity index (χ3n) is 3.65. The first kappa shape index (κ1) is 26.1. The molecule has 0 aliphatic carbocycles. The Morgan fingerprint density at radius 3 is 2.55 bits per heavy atom. The fourth-order valence-electron chi connectivity index (χ4n) is 2.20. The minimum absolute atomic E-state index is 0.0255. The van der Waals surface area contributed by atoms with Crippen molar-refractivity contribution in [2.24, 2.45) is 0 Å². The molecule has 0 spiro atoms. The number of carbonyl (C=O) groups is 1. The Morgan fingerprint density at radius 1 is 1.38 bits per heavy atom. The van der Waals surface area contributed by atoms with Gasteiger partial charge in [-0.15, -0.1) is 6.58 Å². The van der Waals surface area contributed by atoms with Crippen molar-refractivity contribution in [2.75, 3.05) is 12.4 Å². The van der Waals surface area contributed by atoms with Gasteiger partial charge >= 0.3 is 0 Å². The van der Waals surface area contributed by atoms with Crippen LogP contribution in [0.3, 0.4) is 0 Å². The first-order valence-corrected chi connectivity index (χ1v) is 9.54. The van der Waals surface area contributed by atoms with Crippen molar-refractivity contribution < 1.29 is 14.3 Å². The Hall–Kier alpha value is -2.93. The summed E-state index contributed by atoms with van der Waals surface area (Å²) in [5.74, 6) is 0.635. The lowest BCUT2D eigenvalue weighted by Gasteiger charge is -2.05. The van der Waals surface area contributed by atoms with Crippen molar-refractivity contribution in [2.45, 2.75) is 46.6 Å². The molecule has 1 aromatic carbocycles. The number of nitrogens with one attached hydrogen (secondary N) is 1. The zero-order valence-corrected chi connectivity index (χ0v) is 17.6. The smallest absolute Gasteiger partial charge is 0.211 e. The van der Waals surface area contributed by atoms with Crippen LogP contribution >= 0.6 is 0 Å². The molecule has 0 bridgehead atoms. The van der Waals surface area contributed by atoms with Crippen LogP contribution in [0.1, 0.15) is 44.9 Å². The van der Waals surface area contributed by atoms with Crippen LogP contribution in [0.4, 0.5) is 10.2 Å². The minimum Gasteiger partial charge on any atom is -0.392 e. The average molecular weight is 405 g/mol. The largest absolute Gasteiger partial charge is 0.392 e. The van der Waals surface area contributed by atoms with E-state index >= 15 is 0 Å². The molecule has 1 aromatic heterocycles. The zero-order chi connectivity index (χ0) is 22.1. The van der Waals surface area contributed by atoms with Gasteiger partial charge in [0, 0.05) is 11.8 Å². The van der Waals surface area contributed by atoms with Crippen LogP contribution in [0.5, 0.6) is 0 Å². The van der Waals surface area contributed by atoms with E-state index in [1.165, 1.54) is 6.08 Å². The van der Waals surface area contributed by atoms with Gasteiger partial charge in [0.15, 0.2) is 0 Å². The summed E-state index contributed by atoms with van der Waals surface area (Å²) in [6, 6.07) is 9.52. The van der Waals surface area contributed by atoms with Gasteiger partial charge < -0.3 is 16.2 Å². The summed E-state index contributed by atoms with van der Waals surface area (Å²) >= 11 is 0. The van der Waals surface area contributed by atoms with Crippen molar-refractivity contribution in [3.05, 3.63) is 66.0 Å². The second kappa shape index (κ2) is 16.1. The second-order valence-electron chi connectivity index (χ2n) is 6.02. The van der Waals surface area contributed by atoms with Crippen LogP contribution in [-0.2, 0) is 17.8 Å². The monoisotopic (exact) mass is 404 g/mol. The molecule has 160 valence electrons. The predicted molar refractivity (Wildman–Crippen MR) is 117 cm³/mol. The van der Waals surface area contributed by atoms with Crippen molar-refractivity contribution in [1.29, 1.82) is 0 Å². The summed E-state index contributed by atoms with van der Waals surface area (Å²) in [5.41, 5.74) is 9.05. The highest BCUT2D eigenvalue weighted by molar-refractivity contribution is 5.49. The molecule has 2 aromatic rings. The molecule has 1 amide bonds. The number of allylic oxidation sites excluding steroid dienone is 3. The number of unbranched alkanes of at least 4 members (excludes halogenated alkanes) is 1. The molecule has 2 rings (SSSR count). The number of nitrogen functional groups attached to an aromatic ring is 1. The van der Waals surface area contributed by atoms with E-state index in [-0.39, 0.29) is 6.61 Å². The highest BCUT2D eigenvalue weighted by atomic mass is 19.1. The Labute approximate surface area is 172 Å². The summed E-state index contributed by atoms with van der Waals surface area (Å²) < 4.78 is 13.3. The van der Waals surface area contributed by atoms with Crippen molar-refractivity contribution in [1.82, 2.24) is 15.1 Å². The van der Waals surface area contributed by atoms with Crippen LogP contribution < -0.4 is 11.1 Å². The lowest BCUT2D eigenvalue weighted by Crippen LogP contribution is -2.10. The van der Waals surface area contributed by atoms with E-state index in [2.05, 4.69) is 23.9 Å². The summed E-state index contributed by atoms with van der Waals surface area (Å²) in [4.78, 5) is 9.61. The summed E-state index contributed by atoms with van der Waals surface area (Å²) in [5, 5.41) is 15.8. The van der Waals surface area contributed by atoms with Gasteiger partial charge in [-0.25, -0.2) is 9.07 Å². The number of aliphatic hydroxyl groups excluding tert-OH is 1. The van der Waals surface area contributed by atoms with Crippen molar-refractivity contribution in [3.63, 3.8) is 0 Å². The lowest BCUT2D eigenvalue weighted by molar-refractivity contribution is -0.109. The Balaban J connectivity index is 0.000000599. The Kier molecular flexibility index (Phi) is 14.4. The van der Waals surface area contributed by atoms with Crippen LogP contribution in [0, 0.1) is 0 Å². The number of hydrogen-bond acceptors (Lipinski definition) is 4. The van der Waals surface area contributed by atoms with Gasteiger partial charge in [0.05, 0.1) is 18.0 Å². The van der Waals surface area contributed by atoms with Crippen LogP contribution in [-0.4, -0.2) is 28.0 Å². The van der Waals surface area contributed by atoms with Crippen molar-refractivity contribution >= 4 is 12.2 Å². The number of benzene rings is 1. The van der Waals surface area contributed by atoms with Crippen molar-refractivity contribution in [3.8, 4) is 5.69 Å². The van der Waals surface area contributed by atoms with Gasteiger partial charge in [-0.05, 0) is 44.4 Å². The molecule has 0 aliphatic heterocycles. The number of hydrogen-bond donors (Lipinski definition) is 3. The first-order valence-electron chi connectivity index (χ1n) is 9.54. The molecule has 0 saturated carbocycles. The Bertz CT molecular complexity index is 757. The molecule has 7 heteroatoms. The highest BCUT2D eigenvalue weighted by Gasteiger charge is 2.07. The van der Waals surface area contributed by atoms with Gasteiger partial charge in [-0.2, -0.15) is 5.10 Å². The number of halogens is 1. The SMILES string of the molecule is C/C=C(\CF)NC=O.C=CC.CCCCc1cc(N)n(-c2cccc(CO)c2)n1. The normalized spacial score (nSPS) is 10.2. The number of aryl methyl sites for hydroxylation is 1. The molecule has 6 nitrogen and oxygen atoms in total. The highest BCUT2D eigenvalue weighted by Crippen LogP contribution is 2.17. The van der Waals surface area contributed by atoms with Gasteiger partial charge in [0.25, 0.3) is 0 Å². The number of aromatic nitrogens is 2.